The van der Waals surface area contributed by atoms with Gasteiger partial charge in [-0.3, -0.25) is 9.59 Å². The number of rotatable bonds is 5. The first-order valence-electron chi connectivity index (χ1n) is 9.14. The number of carbonyl (C=O) groups is 3. The summed E-state index contributed by atoms with van der Waals surface area (Å²) in [6.07, 6.45) is 0.718. The molecule has 1 aromatic rings. The van der Waals surface area contributed by atoms with Crippen molar-refractivity contribution in [2.75, 3.05) is 25.0 Å². The van der Waals surface area contributed by atoms with Gasteiger partial charge in [-0.1, -0.05) is 0 Å². The molecular weight excluding hydrogens is 372 g/mol. The molecule has 0 bridgehead atoms. The lowest BCUT2D eigenvalue weighted by Gasteiger charge is -2.33. The van der Waals surface area contributed by atoms with Crippen LogP contribution in [-0.4, -0.2) is 48.5 Å². The zero-order valence-corrected chi connectivity index (χ0v) is 16.2. The van der Waals surface area contributed by atoms with E-state index in [1.165, 1.54) is 19.9 Å². The molecule has 28 heavy (non-hydrogen) atoms. The molecule has 0 unspecified atom stereocenters. The molecule has 1 fully saturated rings. The summed E-state index contributed by atoms with van der Waals surface area (Å²) in [5.41, 5.74) is -1.36. The van der Waals surface area contributed by atoms with Crippen molar-refractivity contribution in [3.63, 3.8) is 0 Å². The third kappa shape index (κ3) is 5.17. The van der Waals surface area contributed by atoms with Gasteiger partial charge in [0.05, 0.1) is 6.61 Å². The van der Waals surface area contributed by atoms with Crippen molar-refractivity contribution in [1.82, 2.24) is 10.2 Å². The minimum atomic E-state index is -1.43. The Bertz CT molecular complexity index is 747. The fourth-order valence-electron chi connectivity index (χ4n) is 2.75. The molecule has 1 saturated heterocycles. The summed E-state index contributed by atoms with van der Waals surface area (Å²) < 4.78 is 31.2. The van der Waals surface area contributed by atoms with Gasteiger partial charge >= 0.3 is 6.09 Å². The maximum Gasteiger partial charge on any atom is 0.409 e. The number of benzene rings is 1. The number of hydrogen-bond acceptors (Lipinski definition) is 4. The molecule has 0 aliphatic carbocycles. The van der Waals surface area contributed by atoms with Crippen LogP contribution < -0.4 is 10.6 Å². The average molecular weight is 397 g/mol. The van der Waals surface area contributed by atoms with Crippen molar-refractivity contribution in [3.8, 4) is 0 Å². The topological polar surface area (TPSA) is 87.7 Å². The Kier molecular flexibility index (Phi) is 6.93. The van der Waals surface area contributed by atoms with E-state index in [0.717, 1.165) is 12.1 Å². The lowest BCUT2D eigenvalue weighted by molar-refractivity contribution is -0.139. The highest BCUT2D eigenvalue weighted by Gasteiger charge is 2.38. The second kappa shape index (κ2) is 8.99. The highest BCUT2D eigenvalue weighted by Crippen LogP contribution is 2.22. The highest BCUT2D eigenvalue weighted by molar-refractivity contribution is 6.09. The molecule has 0 radical (unpaired) electrons. The van der Waals surface area contributed by atoms with Crippen LogP contribution in [0.3, 0.4) is 0 Å². The minimum absolute atomic E-state index is 0.0625. The van der Waals surface area contributed by atoms with Crippen molar-refractivity contribution >= 4 is 23.6 Å². The van der Waals surface area contributed by atoms with Crippen molar-refractivity contribution in [2.24, 2.45) is 5.41 Å². The van der Waals surface area contributed by atoms with Crippen LogP contribution in [0, 0.1) is 17.0 Å². The van der Waals surface area contributed by atoms with Gasteiger partial charge in [0.15, 0.2) is 11.6 Å². The lowest BCUT2D eigenvalue weighted by Crippen LogP contribution is -2.52. The van der Waals surface area contributed by atoms with Crippen LogP contribution in [0.1, 0.15) is 33.6 Å². The molecule has 2 rings (SSSR count). The maximum atomic E-state index is 13.3. The Balaban J connectivity index is 1.90. The summed E-state index contributed by atoms with van der Waals surface area (Å²) in [7, 11) is 0. The van der Waals surface area contributed by atoms with E-state index in [9.17, 15) is 23.2 Å². The second-order valence-electron chi connectivity index (χ2n) is 7.14. The molecule has 1 aliphatic rings. The van der Waals surface area contributed by atoms with Crippen LogP contribution in [0.25, 0.3) is 0 Å². The van der Waals surface area contributed by atoms with Gasteiger partial charge < -0.3 is 20.3 Å². The standard InChI is InChI=1S/C19H25F2N3O4/c1-4-28-18(27)24-9-7-12(8-10-24)22-16(25)19(2,3)17(26)23-13-5-6-14(20)15(21)11-13/h5-6,11-12H,4,7-10H2,1-3H3,(H,22,25)(H,23,26). The predicted molar refractivity (Wildman–Crippen MR) is 98.5 cm³/mol. The summed E-state index contributed by atoms with van der Waals surface area (Å²) in [5.74, 6) is -3.24. The number of ether oxygens (including phenoxy) is 1. The molecule has 0 spiro atoms. The van der Waals surface area contributed by atoms with E-state index in [-0.39, 0.29) is 17.8 Å². The van der Waals surface area contributed by atoms with E-state index < -0.39 is 28.9 Å². The number of nitrogens with zero attached hydrogens (tertiary/aromatic N) is 1. The number of amides is 3. The SMILES string of the molecule is CCOC(=O)N1CCC(NC(=O)C(C)(C)C(=O)Nc2ccc(F)c(F)c2)CC1. The smallest absolute Gasteiger partial charge is 0.409 e. The van der Waals surface area contributed by atoms with Gasteiger partial charge in [0.25, 0.3) is 0 Å². The maximum absolute atomic E-state index is 13.3. The highest BCUT2D eigenvalue weighted by atomic mass is 19.2. The largest absolute Gasteiger partial charge is 0.450 e. The third-order valence-electron chi connectivity index (χ3n) is 4.67. The molecule has 1 heterocycles. The summed E-state index contributed by atoms with van der Waals surface area (Å²) in [4.78, 5) is 38.3. The Morgan fingerprint density at radius 3 is 2.36 bits per heavy atom. The third-order valence-corrected chi connectivity index (χ3v) is 4.67. The van der Waals surface area contributed by atoms with E-state index >= 15 is 0 Å². The Morgan fingerprint density at radius 2 is 1.79 bits per heavy atom. The van der Waals surface area contributed by atoms with Crippen LogP contribution in [0.15, 0.2) is 18.2 Å². The lowest BCUT2D eigenvalue weighted by atomic mass is 9.90. The van der Waals surface area contributed by atoms with Crippen LogP contribution >= 0.6 is 0 Å². The van der Waals surface area contributed by atoms with Gasteiger partial charge in [-0.15, -0.1) is 0 Å². The van der Waals surface area contributed by atoms with Crippen LogP contribution in [0.2, 0.25) is 0 Å². The predicted octanol–water partition coefficient (Wildman–Crippen LogP) is 2.67. The number of hydrogen-bond donors (Lipinski definition) is 2. The minimum Gasteiger partial charge on any atom is -0.450 e. The van der Waals surface area contributed by atoms with E-state index in [2.05, 4.69) is 10.6 Å². The van der Waals surface area contributed by atoms with E-state index in [4.69, 9.17) is 4.74 Å². The molecule has 7 nitrogen and oxygen atoms in total. The number of nitrogens with one attached hydrogen (secondary N) is 2. The Hall–Kier alpha value is -2.71. The number of anilines is 1. The fraction of sp³-hybridized carbons (Fsp3) is 0.526. The van der Waals surface area contributed by atoms with Crippen molar-refractivity contribution in [1.29, 1.82) is 0 Å². The van der Waals surface area contributed by atoms with Crippen LogP contribution in [-0.2, 0) is 14.3 Å². The number of carbonyl (C=O) groups excluding carboxylic acids is 3. The van der Waals surface area contributed by atoms with Gasteiger partial charge in [0, 0.05) is 30.9 Å². The molecule has 9 heteroatoms. The summed E-state index contributed by atoms with van der Waals surface area (Å²) in [6.45, 7) is 5.84. The van der Waals surface area contributed by atoms with Crippen molar-refractivity contribution < 1.29 is 27.9 Å². The average Bonchev–Trinajstić information content (AvgIpc) is 2.65. The molecule has 154 valence electrons. The number of halogens is 2. The first kappa shape index (κ1) is 21.6. The van der Waals surface area contributed by atoms with E-state index in [1.807, 2.05) is 0 Å². The molecule has 0 atom stereocenters. The van der Waals surface area contributed by atoms with Gasteiger partial charge in [-0.2, -0.15) is 0 Å². The molecule has 1 aromatic carbocycles. The zero-order valence-electron chi connectivity index (χ0n) is 16.2. The number of likely N-dealkylation sites (tertiary alicyclic amines) is 1. The molecule has 3 amide bonds. The number of piperidine rings is 1. The second-order valence-corrected chi connectivity index (χ2v) is 7.14. The first-order valence-corrected chi connectivity index (χ1v) is 9.14. The molecule has 0 saturated carbocycles. The molecule has 1 aliphatic heterocycles. The summed E-state index contributed by atoms with van der Waals surface area (Å²) in [6, 6.07) is 2.80. The Morgan fingerprint density at radius 1 is 1.14 bits per heavy atom. The summed E-state index contributed by atoms with van der Waals surface area (Å²) in [5, 5.41) is 5.25. The van der Waals surface area contributed by atoms with Gasteiger partial charge in [-0.25, -0.2) is 13.6 Å². The molecular formula is C19H25F2N3O4. The van der Waals surface area contributed by atoms with Crippen LogP contribution in [0.4, 0.5) is 19.3 Å². The van der Waals surface area contributed by atoms with Crippen LogP contribution in [0.5, 0.6) is 0 Å². The molecule has 0 aromatic heterocycles. The monoisotopic (exact) mass is 397 g/mol. The zero-order chi connectivity index (χ0) is 20.9. The van der Waals surface area contributed by atoms with E-state index in [0.29, 0.717) is 32.5 Å². The van der Waals surface area contributed by atoms with E-state index in [1.54, 1.807) is 11.8 Å². The van der Waals surface area contributed by atoms with Crippen molar-refractivity contribution in [3.05, 3.63) is 29.8 Å². The van der Waals surface area contributed by atoms with Gasteiger partial charge in [0.2, 0.25) is 11.8 Å². The quantitative estimate of drug-likeness (QED) is 0.748. The normalized spacial score (nSPS) is 15.1. The van der Waals surface area contributed by atoms with Gasteiger partial charge in [0.1, 0.15) is 5.41 Å². The fourth-order valence-corrected chi connectivity index (χ4v) is 2.75. The van der Waals surface area contributed by atoms with Gasteiger partial charge in [-0.05, 0) is 45.7 Å². The molecule has 2 N–H and O–H groups in total. The summed E-state index contributed by atoms with van der Waals surface area (Å²) >= 11 is 0. The Labute approximate surface area is 162 Å². The first-order chi connectivity index (χ1) is 13.1. The van der Waals surface area contributed by atoms with Crippen molar-refractivity contribution in [2.45, 2.75) is 39.7 Å².